The second-order valence-corrected chi connectivity index (χ2v) is 7.71. The monoisotopic (exact) mass is 394 g/mol. The smallest absolute Gasteiger partial charge is 0.274 e. The molecule has 2 saturated heterocycles. The van der Waals surface area contributed by atoms with E-state index in [1.54, 1.807) is 6.20 Å². The molecule has 0 unspecified atom stereocenters. The Morgan fingerprint density at radius 2 is 2.00 bits per heavy atom. The number of ether oxygens (including phenoxy) is 1. The maximum Gasteiger partial charge on any atom is 0.274 e. The van der Waals surface area contributed by atoms with E-state index in [2.05, 4.69) is 29.0 Å². The summed E-state index contributed by atoms with van der Waals surface area (Å²) in [7, 11) is 0. The molecule has 1 aromatic carbocycles. The van der Waals surface area contributed by atoms with Crippen LogP contribution in [0, 0.1) is 18.8 Å². The van der Waals surface area contributed by atoms with E-state index >= 15 is 0 Å². The normalized spacial score (nSPS) is 23.3. The molecule has 29 heavy (non-hydrogen) atoms. The van der Waals surface area contributed by atoms with Crippen molar-refractivity contribution in [1.29, 1.82) is 0 Å². The minimum atomic E-state index is -0.0942. The summed E-state index contributed by atoms with van der Waals surface area (Å²) in [6.45, 7) is 6.45. The van der Waals surface area contributed by atoms with Crippen LogP contribution in [-0.2, 0) is 9.53 Å². The SMILES string of the molecule is CCOCC(=O)N1C[C@@H]2CN(C(=O)c3cnccn3)C[C@@H]2[C@H]1c1ccccc1C. The number of rotatable bonds is 5. The Bertz CT molecular complexity index is 889. The van der Waals surface area contributed by atoms with Crippen LogP contribution in [0.25, 0.3) is 0 Å². The van der Waals surface area contributed by atoms with Crippen molar-refractivity contribution < 1.29 is 14.3 Å². The molecule has 0 aliphatic carbocycles. The molecule has 2 aliphatic heterocycles. The standard InChI is InChI=1S/C22H26N4O3/c1-3-29-14-20(27)26-12-16-11-25(22(28)19-10-23-8-9-24-19)13-18(16)21(26)17-7-5-4-6-15(17)2/h4-10,16,18,21H,3,11-14H2,1-2H3/t16-,18-,21+/m0/s1. The third kappa shape index (κ3) is 3.74. The van der Waals surface area contributed by atoms with Gasteiger partial charge in [-0.05, 0) is 25.0 Å². The third-order valence-corrected chi connectivity index (χ3v) is 5.99. The number of benzene rings is 1. The van der Waals surface area contributed by atoms with Gasteiger partial charge >= 0.3 is 0 Å². The number of carbonyl (C=O) groups is 2. The summed E-state index contributed by atoms with van der Waals surface area (Å²) in [5.41, 5.74) is 2.67. The summed E-state index contributed by atoms with van der Waals surface area (Å²) in [4.78, 5) is 37.7. The summed E-state index contributed by atoms with van der Waals surface area (Å²) in [6, 6.07) is 8.14. The van der Waals surface area contributed by atoms with Gasteiger partial charge < -0.3 is 14.5 Å². The van der Waals surface area contributed by atoms with Gasteiger partial charge in [0.2, 0.25) is 5.91 Å². The van der Waals surface area contributed by atoms with Crippen molar-refractivity contribution in [3.05, 3.63) is 59.7 Å². The highest BCUT2D eigenvalue weighted by Crippen LogP contribution is 2.46. The van der Waals surface area contributed by atoms with E-state index in [-0.39, 0.29) is 36.3 Å². The Balaban J connectivity index is 1.59. The van der Waals surface area contributed by atoms with E-state index in [4.69, 9.17) is 4.74 Å². The zero-order valence-electron chi connectivity index (χ0n) is 16.8. The zero-order valence-corrected chi connectivity index (χ0v) is 16.8. The Morgan fingerprint density at radius 1 is 1.17 bits per heavy atom. The van der Waals surface area contributed by atoms with Crippen LogP contribution in [0.4, 0.5) is 0 Å². The first-order chi connectivity index (χ1) is 14.1. The second kappa shape index (κ2) is 8.29. The van der Waals surface area contributed by atoms with Crippen LogP contribution in [0.2, 0.25) is 0 Å². The van der Waals surface area contributed by atoms with Crippen LogP contribution in [0.15, 0.2) is 42.9 Å². The summed E-state index contributed by atoms with van der Waals surface area (Å²) in [5.74, 6) is 0.359. The predicted molar refractivity (Wildman–Crippen MR) is 107 cm³/mol. The lowest BCUT2D eigenvalue weighted by Gasteiger charge is -2.31. The molecule has 0 saturated carbocycles. The average Bonchev–Trinajstić information content (AvgIpc) is 3.31. The molecule has 1 aromatic heterocycles. The van der Waals surface area contributed by atoms with Crippen LogP contribution in [0.1, 0.15) is 34.6 Å². The molecule has 4 rings (SSSR count). The minimum Gasteiger partial charge on any atom is -0.372 e. The Hall–Kier alpha value is -2.80. The van der Waals surface area contributed by atoms with Crippen molar-refractivity contribution in [3.8, 4) is 0 Å². The molecule has 2 aliphatic rings. The lowest BCUT2D eigenvalue weighted by Crippen LogP contribution is -2.39. The topological polar surface area (TPSA) is 75.6 Å². The number of likely N-dealkylation sites (tertiary alicyclic amines) is 2. The summed E-state index contributed by atoms with van der Waals surface area (Å²) in [6.07, 6.45) is 4.60. The molecule has 7 heteroatoms. The first-order valence-electron chi connectivity index (χ1n) is 10.1. The molecule has 2 fully saturated rings. The van der Waals surface area contributed by atoms with Gasteiger partial charge in [0.15, 0.2) is 0 Å². The fraction of sp³-hybridized carbons (Fsp3) is 0.455. The van der Waals surface area contributed by atoms with E-state index in [9.17, 15) is 9.59 Å². The molecule has 7 nitrogen and oxygen atoms in total. The highest BCUT2D eigenvalue weighted by molar-refractivity contribution is 5.92. The highest BCUT2D eigenvalue weighted by atomic mass is 16.5. The van der Waals surface area contributed by atoms with Crippen LogP contribution in [0.5, 0.6) is 0 Å². The van der Waals surface area contributed by atoms with Gasteiger partial charge in [-0.2, -0.15) is 0 Å². The largest absolute Gasteiger partial charge is 0.372 e. The molecular weight excluding hydrogens is 368 g/mol. The highest BCUT2D eigenvalue weighted by Gasteiger charge is 2.50. The lowest BCUT2D eigenvalue weighted by atomic mass is 9.87. The van der Waals surface area contributed by atoms with Crippen molar-refractivity contribution in [3.63, 3.8) is 0 Å². The van der Waals surface area contributed by atoms with Crippen molar-refractivity contribution in [2.24, 2.45) is 11.8 Å². The number of nitrogens with zero attached hydrogens (tertiary/aromatic N) is 4. The number of fused-ring (bicyclic) bond motifs is 1. The molecule has 3 atom stereocenters. The fourth-order valence-corrected chi connectivity index (χ4v) is 4.63. The summed E-state index contributed by atoms with van der Waals surface area (Å²) in [5, 5.41) is 0. The van der Waals surface area contributed by atoms with E-state index < -0.39 is 0 Å². The molecule has 0 bridgehead atoms. The Labute approximate surface area is 170 Å². The maximum absolute atomic E-state index is 12.9. The fourth-order valence-electron chi connectivity index (χ4n) is 4.63. The van der Waals surface area contributed by atoms with Gasteiger partial charge in [-0.3, -0.25) is 14.6 Å². The number of amides is 2. The second-order valence-electron chi connectivity index (χ2n) is 7.71. The number of carbonyl (C=O) groups excluding carboxylic acids is 2. The molecule has 3 heterocycles. The van der Waals surface area contributed by atoms with E-state index in [1.165, 1.54) is 12.4 Å². The van der Waals surface area contributed by atoms with Crippen molar-refractivity contribution in [2.75, 3.05) is 32.8 Å². The van der Waals surface area contributed by atoms with Crippen LogP contribution in [-0.4, -0.2) is 64.4 Å². The first-order valence-corrected chi connectivity index (χ1v) is 10.1. The number of hydrogen-bond acceptors (Lipinski definition) is 5. The summed E-state index contributed by atoms with van der Waals surface area (Å²) >= 11 is 0. The first kappa shape index (κ1) is 19.5. The Kier molecular flexibility index (Phi) is 5.58. The van der Waals surface area contributed by atoms with Crippen LogP contribution >= 0.6 is 0 Å². The minimum absolute atomic E-state index is 0.0151. The molecule has 0 spiro atoms. The van der Waals surface area contributed by atoms with Crippen molar-refractivity contribution >= 4 is 11.8 Å². The van der Waals surface area contributed by atoms with Gasteiger partial charge in [-0.25, -0.2) is 4.98 Å². The summed E-state index contributed by atoms with van der Waals surface area (Å²) < 4.78 is 5.39. The third-order valence-electron chi connectivity index (χ3n) is 5.99. The zero-order chi connectivity index (χ0) is 20.4. The molecule has 152 valence electrons. The maximum atomic E-state index is 12.9. The van der Waals surface area contributed by atoms with Crippen LogP contribution in [0.3, 0.4) is 0 Å². The molecule has 0 radical (unpaired) electrons. The molecule has 2 aromatic rings. The van der Waals surface area contributed by atoms with Gasteiger partial charge in [-0.1, -0.05) is 24.3 Å². The van der Waals surface area contributed by atoms with Gasteiger partial charge in [0, 0.05) is 50.5 Å². The van der Waals surface area contributed by atoms with Gasteiger partial charge in [0.25, 0.3) is 5.91 Å². The van der Waals surface area contributed by atoms with E-state index in [0.717, 1.165) is 11.1 Å². The van der Waals surface area contributed by atoms with Crippen molar-refractivity contribution in [1.82, 2.24) is 19.8 Å². The number of hydrogen-bond donors (Lipinski definition) is 0. The van der Waals surface area contributed by atoms with Crippen LogP contribution < -0.4 is 0 Å². The van der Waals surface area contributed by atoms with Gasteiger partial charge in [0.1, 0.15) is 12.3 Å². The Morgan fingerprint density at radius 3 is 2.72 bits per heavy atom. The number of aryl methyl sites for hydroxylation is 1. The predicted octanol–water partition coefficient (Wildman–Crippen LogP) is 2.09. The lowest BCUT2D eigenvalue weighted by molar-refractivity contribution is -0.137. The number of aromatic nitrogens is 2. The van der Waals surface area contributed by atoms with Gasteiger partial charge in [-0.15, -0.1) is 0 Å². The molecule has 2 amide bonds. The quantitative estimate of drug-likeness (QED) is 0.776. The van der Waals surface area contributed by atoms with Gasteiger partial charge in [0.05, 0.1) is 12.2 Å². The molecule has 0 N–H and O–H groups in total. The van der Waals surface area contributed by atoms with E-state index in [0.29, 0.717) is 31.9 Å². The van der Waals surface area contributed by atoms with Crippen molar-refractivity contribution in [2.45, 2.75) is 19.9 Å². The van der Waals surface area contributed by atoms with E-state index in [1.807, 2.05) is 28.9 Å². The molecular formula is C22H26N4O3. The average molecular weight is 394 g/mol.